The van der Waals surface area contributed by atoms with Crippen LogP contribution in [0.2, 0.25) is 0 Å². The molecule has 0 bridgehead atoms. The first-order valence-corrected chi connectivity index (χ1v) is 14.3. The molecule has 2 fully saturated rings. The zero-order valence-electron chi connectivity index (χ0n) is 20.8. The normalized spacial score (nSPS) is 18.5. The minimum atomic E-state index is -3.40. The van der Waals surface area contributed by atoms with Gasteiger partial charge in [-0.15, -0.1) is 0 Å². The van der Waals surface area contributed by atoms with Gasteiger partial charge >= 0.3 is 6.09 Å². The number of ether oxygens (including phenoxy) is 1. The first-order chi connectivity index (χ1) is 17.4. The summed E-state index contributed by atoms with van der Waals surface area (Å²) < 4.78 is 43.9. The Kier molecular flexibility index (Phi) is 7.83. The molecule has 2 aromatic rings. The smallest absolute Gasteiger partial charge is 0.410 e. The molecule has 2 amide bonds. The van der Waals surface area contributed by atoms with Crippen molar-refractivity contribution in [3.63, 3.8) is 0 Å². The van der Waals surface area contributed by atoms with Crippen molar-refractivity contribution in [3.8, 4) is 0 Å². The number of rotatable bonds is 8. The highest BCUT2D eigenvalue weighted by molar-refractivity contribution is 7.92. The molecule has 0 radical (unpaired) electrons. The van der Waals surface area contributed by atoms with E-state index in [2.05, 4.69) is 15.5 Å². The zero-order chi connectivity index (χ0) is 26.8. The lowest BCUT2D eigenvalue weighted by Gasteiger charge is -2.28. The lowest BCUT2D eigenvalue weighted by molar-refractivity contribution is -0.110. The Morgan fingerprint density at radius 1 is 1.22 bits per heavy atom. The number of nitrogens with zero attached hydrogens (tertiary/aromatic N) is 3. The Labute approximate surface area is 218 Å². The van der Waals surface area contributed by atoms with Gasteiger partial charge in [-0.1, -0.05) is 28.6 Å². The van der Waals surface area contributed by atoms with Crippen molar-refractivity contribution in [1.29, 1.82) is 0 Å². The number of amides is 2. The van der Waals surface area contributed by atoms with E-state index in [1.54, 1.807) is 25.7 Å². The van der Waals surface area contributed by atoms with Crippen molar-refractivity contribution in [2.24, 2.45) is 5.16 Å². The zero-order valence-corrected chi connectivity index (χ0v) is 22.4. The third kappa shape index (κ3) is 6.83. The molecule has 1 aromatic heterocycles. The number of sulfone groups is 1. The van der Waals surface area contributed by atoms with Crippen molar-refractivity contribution < 1.29 is 32.0 Å². The number of oxime groups is 1. The molecule has 200 valence electrons. The summed E-state index contributed by atoms with van der Waals surface area (Å²) >= 11 is 0.654. The molecule has 1 saturated carbocycles. The molecule has 1 saturated heterocycles. The van der Waals surface area contributed by atoms with Gasteiger partial charge in [0.25, 0.3) is 5.91 Å². The van der Waals surface area contributed by atoms with E-state index in [1.165, 1.54) is 24.3 Å². The van der Waals surface area contributed by atoms with Crippen LogP contribution in [0.4, 0.5) is 14.3 Å². The van der Waals surface area contributed by atoms with E-state index >= 15 is 0 Å². The van der Waals surface area contributed by atoms with Crippen LogP contribution in [0.3, 0.4) is 0 Å². The molecule has 2 aliphatic rings. The van der Waals surface area contributed by atoms with Gasteiger partial charge in [-0.05, 0) is 58.6 Å². The van der Waals surface area contributed by atoms with Crippen LogP contribution in [-0.2, 0) is 24.2 Å². The van der Waals surface area contributed by atoms with Gasteiger partial charge in [0, 0.05) is 12.1 Å². The Morgan fingerprint density at radius 2 is 1.92 bits per heavy atom. The van der Waals surface area contributed by atoms with Crippen molar-refractivity contribution in [3.05, 3.63) is 41.2 Å². The molecule has 1 aliphatic carbocycles. The first-order valence-electron chi connectivity index (χ1n) is 11.9. The number of benzene rings is 1. The van der Waals surface area contributed by atoms with E-state index in [-0.39, 0.29) is 33.6 Å². The fraction of sp³-hybridized carbons (Fsp3) is 0.500. The van der Waals surface area contributed by atoms with E-state index in [9.17, 15) is 22.4 Å². The Hall–Kier alpha value is -3.06. The summed E-state index contributed by atoms with van der Waals surface area (Å²) in [6.45, 7) is 5.91. The van der Waals surface area contributed by atoms with Gasteiger partial charge in [0.05, 0.1) is 22.4 Å². The topological polar surface area (TPSA) is 127 Å². The van der Waals surface area contributed by atoms with Gasteiger partial charge in [-0.2, -0.15) is 4.39 Å². The number of anilines is 1. The second kappa shape index (κ2) is 10.7. The van der Waals surface area contributed by atoms with Gasteiger partial charge in [-0.3, -0.25) is 10.1 Å². The van der Waals surface area contributed by atoms with Crippen LogP contribution >= 0.6 is 11.3 Å². The summed E-state index contributed by atoms with van der Waals surface area (Å²) in [6, 6.07) is 5.51. The summed E-state index contributed by atoms with van der Waals surface area (Å²) in [7, 11) is -3.40. The van der Waals surface area contributed by atoms with Gasteiger partial charge in [0.15, 0.2) is 25.8 Å². The van der Waals surface area contributed by atoms with E-state index in [0.29, 0.717) is 42.7 Å². The van der Waals surface area contributed by atoms with E-state index < -0.39 is 32.6 Å². The fourth-order valence-corrected chi connectivity index (χ4v) is 6.02. The third-order valence-electron chi connectivity index (χ3n) is 5.76. The van der Waals surface area contributed by atoms with Crippen molar-refractivity contribution in [2.75, 3.05) is 18.5 Å². The minimum absolute atomic E-state index is 0.0239. The van der Waals surface area contributed by atoms with Gasteiger partial charge in [0.2, 0.25) is 0 Å². The molecule has 1 aromatic carbocycles. The summed E-state index contributed by atoms with van der Waals surface area (Å²) in [4.78, 5) is 36.6. The highest BCUT2D eigenvalue weighted by atomic mass is 32.2. The molecule has 0 spiro atoms. The molecule has 1 N–H and O–H groups in total. The maximum Gasteiger partial charge on any atom is 0.410 e. The number of hydrogen-bond acceptors (Lipinski definition) is 9. The summed E-state index contributed by atoms with van der Waals surface area (Å²) in [5.41, 5.74) is -0.476. The molecule has 1 atom stereocenters. The average Bonchev–Trinajstić information content (AvgIpc) is 3.46. The van der Waals surface area contributed by atoms with E-state index in [0.717, 1.165) is 12.6 Å². The van der Waals surface area contributed by atoms with Crippen LogP contribution in [0.15, 0.2) is 40.5 Å². The van der Waals surface area contributed by atoms with E-state index in [4.69, 9.17) is 9.57 Å². The predicted molar refractivity (Wildman–Crippen MR) is 136 cm³/mol. The number of aromatic nitrogens is 1. The molecule has 0 unspecified atom stereocenters. The fourth-order valence-electron chi connectivity index (χ4n) is 3.82. The van der Waals surface area contributed by atoms with Gasteiger partial charge < -0.3 is 14.5 Å². The van der Waals surface area contributed by atoms with Crippen molar-refractivity contribution >= 4 is 44.0 Å². The van der Waals surface area contributed by atoms with Gasteiger partial charge in [0.1, 0.15) is 12.2 Å². The van der Waals surface area contributed by atoms with Crippen molar-refractivity contribution in [2.45, 2.75) is 68.2 Å². The van der Waals surface area contributed by atoms with Crippen LogP contribution in [0.5, 0.6) is 0 Å². The first kappa shape index (κ1) is 27.0. The maximum atomic E-state index is 13.4. The standard InChI is InChI=1S/C24H29FN4O6S2/c1-24(2,3)35-23(31)29-12-4-5-16(29)14-34-28-20(21(30)27-22-26-13-19(25)36-22)15-6-8-17(9-7-15)37(32,33)18-10-11-18/h6-9,13,16,18H,4-5,10-12,14H2,1-3H3,(H,26,27,30)/b28-20+/t16-/m0/s1. The molecule has 10 nitrogen and oxygen atoms in total. The van der Waals surface area contributed by atoms with Crippen LogP contribution < -0.4 is 5.32 Å². The second-order valence-electron chi connectivity index (χ2n) is 9.90. The lowest BCUT2D eigenvalue weighted by atomic mass is 10.1. The molecular weight excluding hydrogens is 523 g/mol. The minimum Gasteiger partial charge on any atom is -0.444 e. The van der Waals surface area contributed by atoms with Crippen LogP contribution in [0, 0.1) is 5.13 Å². The highest BCUT2D eigenvalue weighted by Crippen LogP contribution is 2.33. The number of carbonyl (C=O) groups excluding carboxylic acids is 2. The SMILES string of the molecule is CC(C)(C)OC(=O)N1CCC[C@H]1CO/N=C(/C(=O)Nc1ncc(F)s1)c1ccc(S(=O)(=O)C2CC2)cc1. The molecular formula is C24H29FN4O6S2. The highest BCUT2D eigenvalue weighted by Gasteiger charge is 2.37. The summed E-state index contributed by atoms with van der Waals surface area (Å²) in [6.07, 6.45) is 3.27. The predicted octanol–water partition coefficient (Wildman–Crippen LogP) is 3.98. The Balaban J connectivity index is 1.51. The number of halogens is 1. The molecule has 4 rings (SSSR count). The Morgan fingerprint density at radius 3 is 2.51 bits per heavy atom. The Bertz CT molecular complexity index is 1280. The van der Waals surface area contributed by atoms with E-state index in [1.807, 2.05) is 0 Å². The number of thiazole rings is 1. The second-order valence-corrected chi connectivity index (χ2v) is 13.1. The molecule has 1 aliphatic heterocycles. The number of likely N-dealkylation sites (tertiary alicyclic amines) is 1. The lowest BCUT2D eigenvalue weighted by Crippen LogP contribution is -2.41. The largest absolute Gasteiger partial charge is 0.444 e. The monoisotopic (exact) mass is 552 g/mol. The van der Waals surface area contributed by atoms with Crippen LogP contribution in [0.1, 0.15) is 52.0 Å². The summed E-state index contributed by atoms with van der Waals surface area (Å²) in [5, 5.41) is 5.61. The number of carbonyl (C=O) groups is 2. The van der Waals surface area contributed by atoms with Gasteiger partial charge in [-0.25, -0.2) is 18.2 Å². The molecule has 37 heavy (non-hydrogen) atoms. The summed E-state index contributed by atoms with van der Waals surface area (Å²) in [5.74, 6) is -0.706. The quantitative estimate of drug-likeness (QED) is 0.388. The van der Waals surface area contributed by atoms with Crippen LogP contribution in [0.25, 0.3) is 0 Å². The molecule has 13 heteroatoms. The number of hydrogen-bond donors (Lipinski definition) is 1. The number of nitrogens with one attached hydrogen (secondary N) is 1. The van der Waals surface area contributed by atoms with Crippen LogP contribution in [-0.4, -0.2) is 66.1 Å². The maximum absolute atomic E-state index is 13.4. The third-order valence-corrected chi connectivity index (χ3v) is 8.74. The van der Waals surface area contributed by atoms with Crippen molar-refractivity contribution in [1.82, 2.24) is 9.88 Å². The average molecular weight is 553 g/mol. The molecule has 2 heterocycles.